The number of hydrogen-bond acceptors (Lipinski definition) is 2. The van der Waals surface area contributed by atoms with Gasteiger partial charge in [-0.1, -0.05) is 33.6 Å². The first-order valence-corrected chi connectivity index (χ1v) is 7.05. The van der Waals surface area contributed by atoms with E-state index in [-0.39, 0.29) is 17.6 Å². The molecule has 2 fully saturated rings. The molecule has 1 amide bonds. The predicted octanol–water partition coefficient (Wildman–Crippen LogP) is 2.51. The van der Waals surface area contributed by atoms with Crippen LogP contribution < -0.4 is 5.32 Å². The van der Waals surface area contributed by atoms with Gasteiger partial charge in [0.25, 0.3) is 0 Å². The number of amides is 1. The second-order valence-corrected chi connectivity index (χ2v) is 6.31. The Hall–Kier alpha value is -0.570. The number of carbonyl (C=O) groups is 1. The van der Waals surface area contributed by atoms with Gasteiger partial charge in [-0.2, -0.15) is 0 Å². The molecule has 0 spiro atoms. The maximum absolute atomic E-state index is 12.3. The Kier molecular flexibility index (Phi) is 3.48. The van der Waals surface area contributed by atoms with E-state index in [1.165, 1.54) is 25.7 Å². The zero-order valence-electron chi connectivity index (χ0n) is 11.6. The Balaban J connectivity index is 2.21. The molecule has 3 unspecified atom stereocenters. The minimum absolute atomic E-state index is 0.00215. The smallest absolute Gasteiger partial charge is 0.240 e. The van der Waals surface area contributed by atoms with Gasteiger partial charge in [0, 0.05) is 6.04 Å². The fraction of sp³-hybridized carbons (Fsp3) is 0.929. The van der Waals surface area contributed by atoms with E-state index in [1.807, 2.05) is 6.92 Å². The molecule has 3 heteroatoms. The molecule has 1 saturated heterocycles. The van der Waals surface area contributed by atoms with Crippen LogP contribution in [0.25, 0.3) is 0 Å². The van der Waals surface area contributed by atoms with Gasteiger partial charge in [-0.15, -0.1) is 0 Å². The molecule has 0 radical (unpaired) electrons. The Bertz CT molecular complexity index is 301. The van der Waals surface area contributed by atoms with E-state index in [1.54, 1.807) is 0 Å². The highest BCUT2D eigenvalue weighted by molar-refractivity contribution is 5.84. The maximum atomic E-state index is 12.3. The van der Waals surface area contributed by atoms with Crippen LogP contribution in [0.2, 0.25) is 0 Å². The second kappa shape index (κ2) is 4.60. The lowest BCUT2D eigenvalue weighted by molar-refractivity contribution is -0.136. The molecular weight excluding hydrogens is 212 g/mol. The predicted molar refractivity (Wildman–Crippen MR) is 69.6 cm³/mol. The lowest BCUT2D eigenvalue weighted by atomic mass is 9.72. The first-order chi connectivity index (χ1) is 7.97. The molecule has 0 aromatic rings. The number of rotatable bonds is 2. The quantitative estimate of drug-likeness (QED) is 0.801. The van der Waals surface area contributed by atoms with E-state index in [0.717, 1.165) is 6.42 Å². The van der Waals surface area contributed by atoms with Gasteiger partial charge >= 0.3 is 0 Å². The van der Waals surface area contributed by atoms with Crippen LogP contribution in [0.5, 0.6) is 0 Å². The first kappa shape index (κ1) is 12.9. The zero-order valence-corrected chi connectivity index (χ0v) is 11.6. The van der Waals surface area contributed by atoms with Crippen molar-refractivity contribution in [1.29, 1.82) is 0 Å². The van der Waals surface area contributed by atoms with Crippen LogP contribution in [0.3, 0.4) is 0 Å². The Labute approximate surface area is 105 Å². The largest absolute Gasteiger partial charge is 0.322 e. The van der Waals surface area contributed by atoms with Crippen molar-refractivity contribution in [3.63, 3.8) is 0 Å². The Morgan fingerprint density at radius 1 is 1.41 bits per heavy atom. The molecule has 1 saturated carbocycles. The molecule has 1 aliphatic heterocycles. The number of nitrogens with one attached hydrogen (secondary N) is 1. The summed E-state index contributed by atoms with van der Waals surface area (Å²) in [5.41, 5.74) is 0.271. The summed E-state index contributed by atoms with van der Waals surface area (Å²) in [5, 5.41) is 3.41. The highest BCUT2D eigenvalue weighted by atomic mass is 16.2. The van der Waals surface area contributed by atoms with Crippen LogP contribution in [0.4, 0.5) is 0 Å². The normalized spacial score (nSPS) is 37.5. The standard InChI is InChI=1S/C14H26N2O/c1-5-12-15-10(2)13(17)16(12)11-8-6-7-9-14(11,3)4/h10-12,15H,5-9H2,1-4H3. The third-order valence-corrected chi connectivity index (χ3v) is 4.58. The summed E-state index contributed by atoms with van der Waals surface area (Å²) in [6.07, 6.45) is 6.24. The van der Waals surface area contributed by atoms with E-state index < -0.39 is 0 Å². The van der Waals surface area contributed by atoms with Crippen molar-refractivity contribution in [2.45, 2.75) is 78.0 Å². The van der Waals surface area contributed by atoms with Gasteiger partial charge in [0.2, 0.25) is 5.91 Å². The Morgan fingerprint density at radius 2 is 2.12 bits per heavy atom. The van der Waals surface area contributed by atoms with Crippen molar-refractivity contribution < 1.29 is 4.79 Å². The lowest BCUT2D eigenvalue weighted by Gasteiger charge is -2.45. The van der Waals surface area contributed by atoms with Gasteiger partial charge in [0.15, 0.2) is 0 Å². The van der Waals surface area contributed by atoms with Crippen molar-refractivity contribution in [2.75, 3.05) is 0 Å². The van der Waals surface area contributed by atoms with E-state index in [0.29, 0.717) is 11.9 Å². The van der Waals surface area contributed by atoms with E-state index in [2.05, 4.69) is 31.0 Å². The average Bonchev–Trinajstić information content (AvgIpc) is 2.55. The minimum atomic E-state index is -0.00215. The van der Waals surface area contributed by atoms with Gasteiger partial charge in [-0.25, -0.2) is 0 Å². The molecule has 1 aliphatic carbocycles. The molecule has 1 N–H and O–H groups in total. The summed E-state index contributed by atoms with van der Waals surface area (Å²) in [6, 6.07) is 0.420. The first-order valence-electron chi connectivity index (χ1n) is 7.05. The van der Waals surface area contributed by atoms with Crippen LogP contribution in [-0.4, -0.2) is 29.1 Å². The summed E-state index contributed by atoms with van der Waals surface area (Å²) in [7, 11) is 0. The topological polar surface area (TPSA) is 32.3 Å². The third kappa shape index (κ3) is 2.22. The Morgan fingerprint density at radius 3 is 2.71 bits per heavy atom. The molecule has 1 heterocycles. The van der Waals surface area contributed by atoms with Crippen LogP contribution in [0, 0.1) is 5.41 Å². The van der Waals surface area contributed by atoms with Crippen molar-refractivity contribution in [1.82, 2.24) is 10.2 Å². The third-order valence-electron chi connectivity index (χ3n) is 4.58. The van der Waals surface area contributed by atoms with Crippen molar-refractivity contribution in [3.8, 4) is 0 Å². The molecular formula is C14H26N2O. The summed E-state index contributed by atoms with van der Waals surface area (Å²) in [5.74, 6) is 0.303. The van der Waals surface area contributed by atoms with E-state index in [4.69, 9.17) is 0 Å². The zero-order chi connectivity index (χ0) is 12.6. The molecule has 3 nitrogen and oxygen atoms in total. The molecule has 2 rings (SSSR count). The van der Waals surface area contributed by atoms with Gasteiger partial charge in [-0.3, -0.25) is 10.1 Å². The van der Waals surface area contributed by atoms with Crippen LogP contribution in [-0.2, 0) is 4.79 Å². The van der Waals surface area contributed by atoms with Crippen molar-refractivity contribution in [2.24, 2.45) is 5.41 Å². The fourth-order valence-corrected chi connectivity index (χ4v) is 3.49. The number of hydrogen-bond donors (Lipinski definition) is 1. The fourth-order valence-electron chi connectivity index (χ4n) is 3.49. The van der Waals surface area contributed by atoms with Gasteiger partial charge in [-0.05, 0) is 31.6 Å². The molecule has 17 heavy (non-hydrogen) atoms. The van der Waals surface area contributed by atoms with E-state index in [9.17, 15) is 4.79 Å². The SMILES string of the molecule is CCC1NC(C)C(=O)N1C1CCCCC1(C)C. The summed E-state index contributed by atoms with van der Waals surface area (Å²) >= 11 is 0. The minimum Gasteiger partial charge on any atom is -0.322 e. The summed E-state index contributed by atoms with van der Waals surface area (Å²) in [4.78, 5) is 14.5. The summed E-state index contributed by atoms with van der Waals surface area (Å²) in [6.45, 7) is 8.78. The molecule has 0 aromatic heterocycles. The number of nitrogens with zero attached hydrogens (tertiary/aromatic N) is 1. The molecule has 98 valence electrons. The lowest BCUT2D eigenvalue weighted by Crippen LogP contribution is -2.52. The summed E-state index contributed by atoms with van der Waals surface area (Å²) < 4.78 is 0. The second-order valence-electron chi connectivity index (χ2n) is 6.31. The van der Waals surface area contributed by atoms with Crippen LogP contribution in [0.15, 0.2) is 0 Å². The van der Waals surface area contributed by atoms with Gasteiger partial charge < -0.3 is 4.90 Å². The van der Waals surface area contributed by atoms with Gasteiger partial charge in [0.05, 0.1) is 12.2 Å². The average molecular weight is 238 g/mol. The molecule has 0 bridgehead atoms. The molecule has 3 atom stereocenters. The monoisotopic (exact) mass is 238 g/mol. The van der Waals surface area contributed by atoms with Crippen LogP contribution in [0.1, 0.15) is 59.8 Å². The van der Waals surface area contributed by atoms with Crippen molar-refractivity contribution >= 4 is 5.91 Å². The van der Waals surface area contributed by atoms with Gasteiger partial charge in [0.1, 0.15) is 0 Å². The van der Waals surface area contributed by atoms with Crippen LogP contribution >= 0.6 is 0 Å². The van der Waals surface area contributed by atoms with E-state index >= 15 is 0 Å². The number of carbonyl (C=O) groups excluding carboxylic acids is 1. The maximum Gasteiger partial charge on any atom is 0.240 e. The highest BCUT2D eigenvalue weighted by Crippen LogP contribution is 2.40. The van der Waals surface area contributed by atoms with Crippen molar-refractivity contribution in [3.05, 3.63) is 0 Å². The highest BCUT2D eigenvalue weighted by Gasteiger charge is 2.45. The molecule has 0 aromatic carbocycles. The molecule has 2 aliphatic rings.